The van der Waals surface area contributed by atoms with Gasteiger partial charge in [-0.25, -0.2) is 0 Å². The third kappa shape index (κ3) is 4.66. The van der Waals surface area contributed by atoms with Gasteiger partial charge in [0.05, 0.1) is 0 Å². The van der Waals surface area contributed by atoms with Crippen molar-refractivity contribution in [1.29, 1.82) is 0 Å². The van der Waals surface area contributed by atoms with Crippen molar-refractivity contribution in [3.8, 4) is 0 Å². The lowest BCUT2D eigenvalue weighted by Crippen LogP contribution is -1.89. The predicted octanol–water partition coefficient (Wildman–Crippen LogP) is 2.42. The van der Waals surface area contributed by atoms with Crippen molar-refractivity contribution < 1.29 is 0 Å². The van der Waals surface area contributed by atoms with E-state index in [2.05, 4.69) is 41.6 Å². The van der Waals surface area contributed by atoms with Crippen molar-refractivity contribution in [3.05, 3.63) is 11.6 Å². The molecule has 0 aromatic heterocycles. The fourth-order valence-electron chi connectivity index (χ4n) is 0.657. The van der Waals surface area contributed by atoms with Gasteiger partial charge in [-0.1, -0.05) is 38.2 Å². The van der Waals surface area contributed by atoms with E-state index in [0.29, 0.717) is 0 Å². The molecule has 0 spiro atoms. The van der Waals surface area contributed by atoms with E-state index in [9.17, 15) is 0 Å². The highest BCUT2D eigenvalue weighted by atomic mass is 14.0. The smallest absolute Gasteiger partial charge is 0.0858 e. The molecule has 0 fully saturated rings. The number of hydrogen-bond donors (Lipinski definition) is 0. The molecule has 1 heteroatoms. The summed E-state index contributed by atoms with van der Waals surface area (Å²) in [6.07, 6.45) is 3.58. The van der Waals surface area contributed by atoms with E-state index >= 15 is 0 Å². The second kappa shape index (κ2) is 4.59. The summed E-state index contributed by atoms with van der Waals surface area (Å²) in [4.78, 5) is 0. The minimum absolute atomic E-state index is 0.721. The number of rotatable bonds is 3. The lowest BCUT2D eigenvalue weighted by molar-refractivity contribution is 0.660. The first-order chi connectivity index (χ1) is 4.54. The van der Waals surface area contributed by atoms with Crippen LogP contribution in [-0.4, -0.2) is 7.85 Å². The van der Waals surface area contributed by atoms with Crippen LogP contribution in [0, 0.1) is 5.92 Å². The lowest BCUT2D eigenvalue weighted by atomic mass is 9.82. The molecular formula is C9H19B. The molecular weight excluding hydrogens is 119 g/mol. The molecule has 10 heavy (non-hydrogen) atoms. The molecule has 58 valence electrons. The Bertz CT molecular complexity index is 112. The zero-order valence-corrected chi connectivity index (χ0v) is 7.94. The molecule has 0 amide bonds. The first-order valence-electron chi connectivity index (χ1n) is 4.20. The zero-order chi connectivity index (χ0) is 8.15. The second-order valence-electron chi connectivity index (χ2n) is 3.73. The van der Waals surface area contributed by atoms with E-state index < -0.39 is 0 Å². The summed E-state index contributed by atoms with van der Waals surface area (Å²) in [7, 11) is 2.24. The van der Waals surface area contributed by atoms with Gasteiger partial charge in [0.25, 0.3) is 0 Å². The molecule has 0 radical (unpaired) electrons. The highest BCUT2D eigenvalue weighted by molar-refractivity contribution is 6.13. The fraction of sp³-hybridized carbons (Fsp3) is 0.778. The average molecular weight is 138 g/mol. The van der Waals surface area contributed by atoms with Gasteiger partial charge in [0, 0.05) is 0 Å². The Hall–Kier alpha value is -0.195. The third-order valence-electron chi connectivity index (χ3n) is 1.82. The minimum Gasteiger partial charge on any atom is -0.0858 e. The van der Waals surface area contributed by atoms with E-state index in [0.717, 1.165) is 11.7 Å². The normalized spacial score (nSPS) is 15.9. The number of hydrogen-bond acceptors (Lipinski definition) is 0. The van der Waals surface area contributed by atoms with Crippen LogP contribution in [0.1, 0.15) is 34.1 Å². The van der Waals surface area contributed by atoms with Gasteiger partial charge in [0.15, 0.2) is 0 Å². The van der Waals surface area contributed by atoms with Gasteiger partial charge in [0.1, 0.15) is 7.85 Å². The van der Waals surface area contributed by atoms with Gasteiger partial charge in [0.2, 0.25) is 0 Å². The molecule has 0 aromatic rings. The highest BCUT2D eigenvalue weighted by Gasteiger charge is 1.96. The Balaban J connectivity index is 3.69. The van der Waals surface area contributed by atoms with E-state index in [-0.39, 0.29) is 0 Å². The second-order valence-corrected chi connectivity index (χ2v) is 3.73. The van der Waals surface area contributed by atoms with Crippen LogP contribution in [0.2, 0.25) is 5.82 Å². The Morgan fingerprint density at radius 3 is 2.20 bits per heavy atom. The van der Waals surface area contributed by atoms with Crippen LogP contribution < -0.4 is 0 Å². The molecule has 0 rings (SSSR count). The maximum Gasteiger partial charge on any atom is 0.110 e. The van der Waals surface area contributed by atoms with Crippen LogP contribution in [0.25, 0.3) is 0 Å². The molecule has 0 aromatic carbocycles. The summed E-state index contributed by atoms with van der Waals surface area (Å²) in [5, 5.41) is 0. The van der Waals surface area contributed by atoms with Crippen LogP contribution in [0.3, 0.4) is 0 Å². The van der Waals surface area contributed by atoms with Crippen LogP contribution in [-0.2, 0) is 0 Å². The average Bonchev–Trinajstić information content (AvgIpc) is 1.82. The van der Waals surface area contributed by atoms with Crippen molar-refractivity contribution >= 4 is 7.85 Å². The molecule has 0 heterocycles. The van der Waals surface area contributed by atoms with Crippen molar-refractivity contribution in [3.63, 3.8) is 0 Å². The minimum atomic E-state index is 0.721. The Labute approximate surface area is 66.1 Å². The Kier molecular flexibility index (Phi) is 4.50. The first-order valence-corrected chi connectivity index (χ1v) is 4.20. The molecule has 0 N–H and O–H groups in total. The van der Waals surface area contributed by atoms with Gasteiger partial charge in [-0.2, -0.15) is 0 Å². The number of allylic oxidation sites excluding steroid dienone is 2. The van der Waals surface area contributed by atoms with Crippen molar-refractivity contribution in [1.82, 2.24) is 0 Å². The van der Waals surface area contributed by atoms with Gasteiger partial charge >= 0.3 is 0 Å². The molecule has 1 unspecified atom stereocenters. The SMILES string of the molecule is BC(C)/C(C)=C/CC(C)C. The Morgan fingerprint density at radius 1 is 1.40 bits per heavy atom. The van der Waals surface area contributed by atoms with Gasteiger partial charge in [-0.05, 0) is 19.3 Å². The van der Waals surface area contributed by atoms with Crippen LogP contribution in [0.5, 0.6) is 0 Å². The van der Waals surface area contributed by atoms with Crippen LogP contribution in [0.4, 0.5) is 0 Å². The molecule has 0 bridgehead atoms. The maximum atomic E-state index is 2.36. The van der Waals surface area contributed by atoms with Gasteiger partial charge in [-0.15, -0.1) is 0 Å². The van der Waals surface area contributed by atoms with E-state index in [1.54, 1.807) is 0 Å². The molecule has 0 saturated carbocycles. The summed E-state index contributed by atoms with van der Waals surface area (Å²) < 4.78 is 0. The van der Waals surface area contributed by atoms with Crippen molar-refractivity contribution in [2.75, 3.05) is 0 Å². The first kappa shape index (κ1) is 9.80. The zero-order valence-electron chi connectivity index (χ0n) is 7.94. The van der Waals surface area contributed by atoms with Gasteiger partial charge < -0.3 is 0 Å². The molecule has 0 aliphatic carbocycles. The summed E-state index contributed by atoms with van der Waals surface area (Å²) >= 11 is 0. The van der Waals surface area contributed by atoms with Crippen LogP contribution in [0.15, 0.2) is 11.6 Å². The molecule has 0 aliphatic rings. The maximum absolute atomic E-state index is 2.36. The fourth-order valence-corrected chi connectivity index (χ4v) is 0.657. The van der Waals surface area contributed by atoms with Crippen LogP contribution >= 0.6 is 0 Å². The summed E-state index contributed by atoms with van der Waals surface area (Å²) in [6, 6.07) is 0. The summed E-state index contributed by atoms with van der Waals surface area (Å²) in [5.74, 6) is 1.52. The Morgan fingerprint density at radius 2 is 1.90 bits per heavy atom. The van der Waals surface area contributed by atoms with E-state index in [4.69, 9.17) is 0 Å². The van der Waals surface area contributed by atoms with Crippen molar-refractivity contribution in [2.45, 2.75) is 39.9 Å². The quantitative estimate of drug-likeness (QED) is 0.415. The topological polar surface area (TPSA) is 0 Å². The van der Waals surface area contributed by atoms with Gasteiger partial charge in [-0.3, -0.25) is 0 Å². The standard InChI is InChI=1S/C9H19B/c1-7(2)5-6-8(3)9(4)10/h6-7,9H,5,10H2,1-4H3/b8-6+. The van der Waals surface area contributed by atoms with E-state index in [1.807, 2.05) is 0 Å². The molecule has 0 aliphatic heterocycles. The largest absolute Gasteiger partial charge is 0.110 e. The monoisotopic (exact) mass is 138 g/mol. The van der Waals surface area contributed by atoms with E-state index in [1.165, 1.54) is 12.0 Å². The lowest BCUT2D eigenvalue weighted by Gasteiger charge is -2.05. The highest BCUT2D eigenvalue weighted by Crippen LogP contribution is 2.13. The third-order valence-corrected chi connectivity index (χ3v) is 1.82. The summed E-state index contributed by atoms with van der Waals surface area (Å²) in [6.45, 7) is 8.97. The van der Waals surface area contributed by atoms with Crippen molar-refractivity contribution in [2.24, 2.45) is 5.92 Å². The summed E-state index contributed by atoms with van der Waals surface area (Å²) in [5.41, 5.74) is 1.52. The predicted molar refractivity (Wildman–Crippen MR) is 51.2 cm³/mol. The molecule has 0 saturated heterocycles. The molecule has 1 atom stereocenters. The molecule has 0 nitrogen and oxygen atoms in total.